The van der Waals surface area contributed by atoms with Crippen LogP contribution in [-0.2, 0) is 21.4 Å². The molecule has 0 aromatic heterocycles. The Hall–Kier alpha value is -1.65. The Morgan fingerprint density at radius 1 is 1.08 bits per heavy atom. The van der Waals surface area contributed by atoms with Crippen molar-refractivity contribution in [1.29, 1.82) is 0 Å². The number of anilines is 1. The third kappa shape index (κ3) is 3.55. The van der Waals surface area contributed by atoms with Gasteiger partial charge in [0.1, 0.15) is 0 Å². The van der Waals surface area contributed by atoms with E-state index in [2.05, 4.69) is 40.3 Å². The van der Waals surface area contributed by atoms with Gasteiger partial charge in [-0.25, -0.2) is 0 Å². The van der Waals surface area contributed by atoms with Crippen LogP contribution in [0.5, 0.6) is 0 Å². The van der Waals surface area contributed by atoms with Gasteiger partial charge in [0, 0.05) is 23.4 Å². The highest BCUT2D eigenvalue weighted by atomic mass is 79.9. The molecule has 1 amide bonds. The molecule has 1 aliphatic rings. The van der Waals surface area contributed by atoms with E-state index in [1.54, 1.807) is 0 Å². The van der Waals surface area contributed by atoms with E-state index in [-0.39, 0.29) is 5.91 Å². The van der Waals surface area contributed by atoms with Crippen molar-refractivity contribution in [2.75, 3.05) is 18.5 Å². The maximum absolute atomic E-state index is 13.2. The standard InChI is InChI=1S/C20H22BrNO2/c1-2-15-3-9-18(10-4-15)22-19(23)20(11-13-24-14-12-20)16-5-7-17(21)8-6-16/h3-10H,2,11-14H2,1H3,(H,22,23). The Morgan fingerprint density at radius 3 is 2.29 bits per heavy atom. The smallest absolute Gasteiger partial charge is 0.235 e. The minimum atomic E-state index is -0.525. The second kappa shape index (κ2) is 7.49. The first-order chi connectivity index (χ1) is 11.6. The summed E-state index contributed by atoms with van der Waals surface area (Å²) >= 11 is 3.47. The predicted octanol–water partition coefficient (Wildman–Crippen LogP) is 4.70. The van der Waals surface area contributed by atoms with Crippen LogP contribution >= 0.6 is 15.9 Å². The van der Waals surface area contributed by atoms with Crippen LogP contribution in [0.25, 0.3) is 0 Å². The van der Waals surface area contributed by atoms with Crippen molar-refractivity contribution in [2.45, 2.75) is 31.6 Å². The van der Waals surface area contributed by atoms with Crippen LogP contribution < -0.4 is 5.32 Å². The van der Waals surface area contributed by atoms with E-state index >= 15 is 0 Å². The van der Waals surface area contributed by atoms with Gasteiger partial charge in [-0.2, -0.15) is 0 Å². The zero-order valence-corrected chi connectivity index (χ0v) is 15.4. The molecule has 1 aliphatic heterocycles. The summed E-state index contributed by atoms with van der Waals surface area (Å²) in [6, 6.07) is 16.1. The number of ether oxygens (including phenoxy) is 1. The zero-order chi connectivity index (χ0) is 17.0. The number of hydrogen-bond donors (Lipinski definition) is 1. The second-order valence-electron chi connectivity index (χ2n) is 6.21. The molecule has 1 saturated heterocycles. The van der Waals surface area contributed by atoms with Crippen molar-refractivity contribution in [3.63, 3.8) is 0 Å². The van der Waals surface area contributed by atoms with Gasteiger partial charge in [0.2, 0.25) is 5.91 Å². The molecular weight excluding hydrogens is 366 g/mol. The van der Waals surface area contributed by atoms with Gasteiger partial charge in [0.15, 0.2) is 0 Å². The van der Waals surface area contributed by atoms with E-state index < -0.39 is 5.41 Å². The molecule has 0 spiro atoms. The number of nitrogens with one attached hydrogen (secondary N) is 1. The second-order valence-corrected chi connectivity index (χ2v) is 7.12. The molecule has 0 unspecified atom stereocenters. The van der Waals surface area contributed by atoms with Crippen LogP contribution in [-0.4, -0.2) is 19.1 Å². The summed E-state index contributed by atoms with van der Waals surface area (Å²) in [6.45, 7) is 3.34. The third-order valence-electron chi connectivity index (χ3n) is 4.80. The summed E-state index contributed by atoms with van der Waals surface area (Å²) in [4.78, 5) is 13.2. The van der Waals surface area contributed by atoms with Crippen molar-refractivity contribution < 1.29 is 9.53 Å². The molecule has 1 fully saturated rings. The molecule has 0 bridgehead atoms. The maximum atomic E-state index is 13.2. The Bertz CT molecular complexity index is 689. The van der Waals surface area contributed by atoms with Crippen LogP contribution in [0.3, 0.4) is 0 Å². The summed E-state index contributed by atoms with van der Waals surface area (Å²) in [6.07, 6.45) is 2.40. The van der Waals surface area contributed by atoms with Crippen LogP contribution in [0, 0.1) is 0 Å². The van der Waals surface area contributed by atoms with Gasteiger partial charge in [-0.05, 0) is 54.7 Å². The average molecular weight is 388 g/mol. The topological polar surface area (TPSA) is 38.3 Å². The molecule has 24 heavy (non-hydrogen) atoms. The summed E-state index contributed by atoms with van der Waals surface area (Å²) in [7, 11) is 0. The van der Waals surface area contributed by atoms with Crippen molar-refractivity contribution in [3.8, 4) is 0 Å². The summed E-state index contributed by atoms with van der Waals surface area (Å²) in [5.74, 6) is 0.0531. The Morgan fingerprint density at radius 2 is 1.71 bits per heavy atom. The highest BCUT2D eigenvalue weighted by Crippen LogP contribution is 2.36. The monoisotopic (exact) mass is 387 g/mol. The number of hydrogen-bond acceptors (Lipinski definition) is 2. The van der Waals surface area contributed by atoms with E-state index in [9.17, 15) is 4.79 Å². The molecule has 3 nitrogen and oxygen atoms in total. The lowest BCUT2D eigenvalue weighted by Gasteiger charge is -2.36. The van der Waals surface area contributed by atoms with E-state index in [1.807, 2.05) is 36.4 Å². The number of rotatable bonds is 4. The van der Waals surface area contributed by atoms with Crippen LogP contribution in [0.1, 0.15) is 30.9 Å². The molecule has 0 saturated carbocycles. The van der Waals surface area contributed by atoms with Gasteiger partial charge in [-0.1, -0.05) is 47.1 Å². The minimum absolute atomic E-state index is 0.0531. The lowest BCUT2D eigenvalue weighted by atomic mass is 9.73. The fourth-order valence-corrected chi connectivity index (χ4v) is 3.47. The summed E-state index contributed by atoms with van der Waals surface area (Å²) < 4.78 is 6.53. The first kappa shape index (κ1) is 17.2. The molecule has 1 N–H and O–H groups in total. The SMILES string of the molecule is CCc1ccc(NC(=O)C2(c3ccc(Br)cc3)CCOCC2)cc1. The Kier molecular flexibility index (Phi) is 5.36. The minimum Gasteiger partial charge on any atom is -0.381 e. The molecule has 2 aromatic rings. The Balaban J connectivity index is 1.87. The lowest BCUT2D eigenvalue weighted by Crippen LogP contribution is -2.44. The number of halogens is 1. The first-order valence-electron chi connectivity index (χ1n) is 8.38. The number of aryl methyl sites for hydroxylation is 1. The van der Waals surface area contributed by atoms with Gasteiger partial charge in [0.25, 0.3) is 0 Å². The number of benzene rings is 2. The van der Waals surface area contributed by atoms with E-state index in [0.717, 1.165) is 22.1 Å². The molecule has 2 aromatic carbocycles. The first-order valence-corrected chi connectivity index (χ1v) is 9.17. The van der Waals surface area contributed by atoms with Crippen LogP contribution in [0.2, 0.25) is 0 Å². The van der Waals surface area contributed by atoms with E-state index in [1.165, 1.54) is 5.56 Å². The van der Waals surface area contributed by atoms with Gasteiger partial charge in [-0.15, -0.1) is 0 Å². The van der Waals surface area contributed by atoms with E-state index in [4.69, 9.17) is 4.74 Å². The fourth-order valence-electron chi connectivity index (χ4n) is 3.21. The normalized spacial score (nSPS) is 16.6. The number of carbonyl (C=O) groups is 1. The highest BCUT2D eigenvalue weighted by Gasteiger charge is 2.41. The van der Waals surface area contributed by atoms with Gasteiger partial charge >= 0.3 is 0 Å². The quantitative estimate of drug-likeness (QED) is 0.825. The third-order valence-corrected chi connectivity index (χ3v) is 5.33. The molecule has 126 valence electrons. The lowest BCUT2D eigenvalue weighted by molar-refractivity contribution is -0.125. The van der Waals surface area contributed by atoms with Gasteiger partial charge in [0.05, 0.1) is 5.41 Å². The molecule has 4 heteroatoms. The van der Waals surface area contributed by atoms with E-state index in [0.29, 0.717) is 26.1 Å². The number of carbonyl (C=O) groups excluding carboxylic acids is 1. The predicted molar refractivity (Wildman–Crippen MR) is 100 cm³/mol. The number of amides is 1. The molecule has 1 heterocycles. The van der Waals surface area contributed by atoms with Crippen molar-refractivity contribution in [1.82, 2.24) is 0 Å². The van der Waals surface area contributed by atoms with Gasteiger partial charge in [-0.3, -0.25) is 4.79 Å². The largest absolute Gasteiger partial charge is 0.381 e. The summed E-state index contributed by atoms with van der Waals surface area (Å²) in [5, 5.41) is 3.11. The average Bonchev–Trinajstić information content (AvgIpc) is 2.63. The Labute approximate surface area is 151 Å². The van der Waals surface area contributed by atoms with Crippen molar-refractivity contribution >= 4 is 27.5 Å². The van der Waals surface area contributed by atoms with Crippen LogP contribution in [0.15, 0.2) is 53.0 Å². The highest BCUT2D eigenvalue weighted by molar-refractivity contribution is 9.10. The molecular formula is C20H22BrNO2. The fraction of sp³-hybridized carbons (Fsp3) is 0.350. The molecule has 0 radical (unpaired) electrons. The van der Waals surface area contributed by atoms with Gasteiger partial charge < -0.3 is 10.1 Å². The molecule has 0 atom stereocenters. The molecule has 3 rings (SSSR count). The van der Waals surface area contributed by atoms with Crippen molar-refractivity contribution in [3.05, 3.63) is 64.1 Å². The summed E-state index contributed by atoms with van der Waals surface area (Å²) in [5.41, 5.74) is 2.64. The van der Waals surface area contributed by atoms with Crippen molar-refractivity contribution in [2.24, 2.45) is 0 Å². The molecule has 0 aliphatic carbocycles. The zero-order valence-electron chi connectivity index (χ0n) is 13.8. The van der Waals surface area contributed by atoms with Crippen LogP contribution in [0.4, 0.5) is 5.69 Å². The maximum Gasteiger partial charge on any atom is 0.235 e.